The number of rotatable bonds is 0. The van der Waals surface area contributed by atoms with Gasteiger partial charge in [-0.05, 0) is 6.07 Å². The zero-order chi connectivity index (χ0) is 8.55. The van der Waals surface area contributed by atoms with Gasteiger partial charge in [0.05, 0.1) is 17.9 Å². The third-order valence-electron chi connectivity index (χ3n) is 1.67. The van der Waals surface area contributed by atoms with E-state index in [9.17, 15) is 4.79 Å². The lowest BCUT2D eigenvalue weighted by atomic mass is 10.3. The van der Waals surface area contributed by atoms with Gasteiger partial charge in [0.2, 0.25) is 5.91 Å². The Labute approximate surface area is 68.8 Å². The molecule has 0 fully saturated rings. The normalized spacial score (nSPS) is 10.4. The first kappa shape index (κ1) is 6.97. The maximum atomic E-state index is 11.0. The van der Waals surface area contributed by atoms with Gasteiger partial charge in [0.1, 0.15) is 0 Å². The van der Waals surface area contributed by atoms with E-state index in [1.807, 2.05) is 6.07 Å². The Morgan fingerprint density at radius 3 is 3.08 bits per heavy atom. The Balaban J connectivity index is 2.79. The summed E-state index contributed by atoms with van der Waals surface area (Å²) < 4.78 is 1.34. The minimum absolute atomic E-state index is 0.0991. The maximum absolute atomic E-state index is 11.0. The fourth-order valence-corrected chi connectivity index (χ4v) is 1.12. The maximum Gasteiger partial charge on any atom is 0.244 e. The van der Waals surface area contributed by atoms with Crippen molar-refractivity contribution in [2.75, 3.05) is 0 Å². The monoisotopic (exact) mass is 161 g/mol. The van der Waals surface area contributed by atoms with E-state index in [2.05, 4.69) is 10.1 Å². The summed E-state index contributed by atoms with van der Waals surface area (Å²) in [6.45, 7) is 1.47. The number of hydrogen-bond acceptors (Lipinski definition) is 3. The number of nitrogens with zero attached hydrogens (tertiary/aromatic N) is 3. The Kier molecular flexibility index (Phi) is 1.40. The summed E-state index contributed by atoms with van der Waals surface area (Å²) in [5.41, 5.74) is 0.755. The van der Waals surface area contributed by atoms with Crippen LogP contribution in [0.15, 0.2) is 24.7 Å². The Bertz CT molecular complexity index is 433. The topological polar surface area (TPSA) is 47.8 Å². The number of carbonyl (C=O) groups excluding carboxylic acids is 1. The fraction of sp³-hybridized carbons (Fsp3) is 0.125. The van der Waals surface area contributed by atoms with Crippen molar-refractivity contribution in [1.29, 1.82) is 0 Å². The van der Waals surface area contributed by atoms with Crippen LogP contribution in [-0.2, 0) is 0 Å². The molecule has 4 nitrogen and oxygen atoms in total. The summed E-state index contributed by atoms with van der Waals surface area (Å²) in [7, 11) is 0. The second-order valence-corrected chi connectivity index (χ2v) is 2.51. The molecule has 2 rings (SSSR count). The molecule has 0 amide bonds. The number of hydrogen-bond donors (Lipinski definition) is 0. The lowest BCUT2D eigenvalue weighted by Crippen LogP contribution is -2.06. The first-order valence-electron chi connectivity index (χ1n) is 3.58. The average molecular weight is 161 g/mol. The van der Waals surface area contributed by atoms with Crippen molar-refractivity contribution in [2.45, 2.75) is 6.92 Å². The summed E-state index contributed by atoms with van der Waals surface area (Å²) in [5, 5.41) is 4.85. The van der Waals surface area contributed by atoms with Crippen LogP contribution in [0.3, 0.4) is 0 Å². The summed E-state index contributed by atoms with van der Waals surface area (Å²) in [5.74, 6) is -0.0991. The van der Waals surface area contributed by atoms with Crippen LogP contribution in [0.5, 0.6) is 0 Å². The van der Waals surface area contributed by atoms with Crippen LogP contribution in [0, 0.1) is 0 Å². The lowest BCUT2D eigenvalue weighted by Gasteiger charge is -1.94. The fourth-order valence-electron chi connectivity index (χ4n) is 1.12. The van der Waals surface area contributed by atoms with Crippen molar-refractivity contribution in [3.8, 4) is 0 Å². The minimum atomic E-state index is -0.0991. The average Bonchev–Trinajstić information content (AvgIpc) is 2.47. The molecule has 4 heteroatoms. The zero-order valence-electron chi connectivity index (χ0n) is 6.56. The molecule has 0 spiro atoms. The highest BCUT2D eigenvalue weighted by molar-refractivity contribution is 5.88. The number of pyridine rings is 1. The molecular weight excluding hydrogens is 154 g/mol. The quantitative estimate of drug-likeness (QED) is 0.581. The van der Waals surface area contributed by atoms with Crippen LogP contribution in [0.4, 0.5) is 0 Å². The Morgan fingerprint density at radius 1 is 1.50 bits per heavy atom. The van der Waals surface area contributed by atoms with Gasteiger partial charge in [0.25, 0.3) is 0 Å². The number of carbonyl (C=O) groups is 1. The van der Waals surface area contributed by atoms with E-state index in [1.165, 1.54) is 11.6 Å². The first-order chi connectivity index (χ1) is 5.79. The van der Waals surface area contributed by atoms with Crippen LogP contribution in [0.1, 0.15) is 11.7 Å². The molecule has 2 heterocycles. The van der Waals surface area contributed by atoms with E-state index in [-0.39, 0.29) is 5.91 Å². The van der Waals surface area contributed by atoms with E-state index < -0.39 is 0 Å². The molecule has 60 valence electrons. The molecule has 0 atom stereocenters. The largest absolute Gasteiger partial charge is 0.273 e. The first-order valence-corrected chi connectivity index (χ1v) is 3.58. The molecule has 0 bridgehead atoms. The SMILES string of the molecule is CC(=O)n1ncc2ccncc21. The highest BCUT2D eigenvalue weighted by atomic mass is 16.2. The third-order valence-corrected chi connectivity index (χ3v) is 1.67. The van der Waals surface area contributed by atoms with Crippen LogP contribution < -0.4 is 0 Å². The molecule has 0 aliphatic rings. The molecule has 0 radical (unpaired) electrons. The van der Waals surface area contributed by atoms with Gasteiger partial charge in [-0.1, -0.05) is 0 Å². The van der Waals surface area contributed by atoms with Gasteiger partial charge in [0.15, 0.2) is 0 Å². The van der Waals surface area contributed by atoms with Crippen molar-refractivity contribution in [3.63, 3.8) is 0 Å². The highest BCUT2D eigenvalue weighted by Crippen LogP contribution is 2.10. The van der Waals surface area contributed by atoms with Gasteiger partial charge in [-0.2, -0.15) is 9.78 Å². The van der Waals surface area contributed by atoms with Crippen LogP contribution >= 0.6 is 0 Å². The molecule has 0 aliphatic heterocycles. The molecule has 0 N–H and O–H groups in total. The minimum Gasteiger partial charge on any atom is -0.273 e. The highest BCUT2D eigenvalue weighted by Gasteiger charge is 2.04. The van der Waals surface area contributed by atoms with E-state index in [1.54, 1.807) is 18.6 Å². The van der Waals surface area contributed by atoms with E-state index >= 15 is 0 Å². The molecule has 0 saturated carbocycles. The summed E-state index contributed by atoms with van der Waals surface area (Å²) >= 11 is 0. The van der Waals surface area contributed by atoms with Crippen molar-refractivity contribution in [1.82, 2.24) is 14.8 Å². The van der Waals surface area contributed by atoms with E-state index in [4.69, 9.17) is 0 Å². The second kappa shape index (κ2) is 2.41. The molecule has 0 aliphatic carbocycles. The summed E-state index contributed by atoms with van der Waals surface area (Å²) in [6.07, 6.45) is 4.95. The Hall–Kier alpha value is -1.71. The van der Waals surface area contributed by atoms with Crippen LogP contribution in [0.2, 0.25) is 0 Å². The Morgan fingerprint density at radius 2 is 2.33 bits per heavy atom. The van der Waals surface area contributed by atoms with Gasteiger partial charge in [0, 0.05) is 18.5 Å². The van der Waals surface area contributed by atoms with Crippen LogP contribution in [-0.4, -0.2) is 20.7 Å². The van der Waals surface area contributed by atoms with Crippen molar-refractivity contribution >= 4 is 16.8 Å². The number of aromatic nitrogens is 3. The third kappa shape index (κ3) is 0.887. The zero-order valence-corrected chi connectivity index (χ0v) is 6.56. The summed E-state index contributed by atoms with van der Waals surface area (Å²) in [4.78, 5) is 14.9. The van der Waals surface area contributed by atoms with E-state index in [0.717, 1.165) is 10.9 Å². The number of fused-ring (bicyclic) bond motifs is 1. The predicted molar refractivity (Wildman–Crippen MR) is 43.8 cm³/mol. The van der Waals surface area contributed by atoms with Gasteiger partial charge in [-0.25, -0.2) is 0 Å². The molecule has 2 aromatic heterocycles. The van der Waals surface area contributed by atoms with Crippen molar-refractivity contribution in [2.24, 2.45) is 0 Å². The van der Waals surface area contributed by atoms with Crippen molar-refractivity contribution in [3.05, 3.63) is 24.7 Å². The van der Waals surface area contributed by atoms with E-state index in [0.29, 0.717) is 0 Å². The van der Waals surface area contributed by atoms with Crippen LogP contribution in [0.25, 0.3) is 10.9 Å². The standard InChI is InChI=1S/C8H7N3O/c1-6(12)11-8-5-9-3-2-7(8)4-10-11/h2-5H,1H3. The lowest BCUT2D eigenvalue weighted by molar-refractivity contribution is 0.0926. The molecule has 0 saturated heterocycles. The molecule has 2 aromatic rings. The predicted octanol–water partition coefficient (Wildman–Crippen LogP) is 1.09. The summed E-state index contributed by atoms with van der Waals surface area (Å²) in [6, 6.07) is 1.82. The van der Waals surface area contributed by atoms with Gasteiger partial charge >= 0.3 is 0 Å². The van der Waals surface area contributed by atoms with Gasteiger partial charge in [-0.3, -0.25) is 9.78 Å². The van der Waals surface area contributed by atoms with Gasteiger partial charge in [-0.15, -0.1) is 0 Å². The molecular formula is C8H7N3O. The molecule has 0 aromatic carbocycles. The molecule has 0 unspecified atom stereocenters. The molecule has 12 heavy (non-hydrogen) atoms. The van der Waals surface area contributed by atoms with Gasteiger partial charge < -0.3 is 0 Å². The second-order valence-electron chi connectivity index (χ2n) is 2.51. The van der Waals surface area contributed by atoms with Crippen molar-refractivity contribution < 1.29 is 4.79 Å². The smallest absolute Gasteiger partial charge is 0.244 e.